The number of halogens is 1. The minimum absolute atomic E-state index is 0. The number of ether oxygens (including phenoxy) is 1. The molecular formula is C20H40IN5O2. The van der Waals surface area contributed by atoms with Gasteiger partial charge in [0.05, 0.1) is 19.2 Å². The summed E-state index contributed by atoms with van der Waals surface area (Å²) in [7, 11) is 0. The second kappa shape index (κ2) is 13.6. The van der Waals surface area contributed by atoms with E-state index in [1.165, 1.54) is 0 Å². The lowest BCUT2D eigenvalue weighted by atomic mass is 10.2. The molecule has 2 saturated heterocycles. The minimum atomic E-state index is -0.0193. The molecule has 0 bridgehead atoms. The van der Waals surface area contributed by atoms with Crippen molar-refractivity contribution in [1.29, 1.82) is 0 Å². The molecule has 0 saturated carbocycles. The number of guanidine groups is 1. The number of piperazine rings is 1. The molecule has 28 heavy (non-hydrogen) atoms. The average Bonchev–Trinajstić information content (AvgIpc) is 3.20. The van der Waals surface area contributed by atoms with Crippen LogP contribution in [0.5, 0.6) is 0 Å². The molecule has 1 atom stereocenters. The lowest BCUT2D eigenvalue weighted by molar-refractivity contribution is -0.135. The summed E-state index contributed by atoms with van der Waals surface area (Å²) in [5.74, 6) is 1.81. The smallest absolute Gasteiger partial charge is 0.239 e. The maximum Gasteiger partial charge on any atom is 0.239 e. The molecule has 2 rings (SSSR count). The molecule has 1 N–H and O–H groups in total. The number of carbonyl (C=O) groups excluding carboxylic acids is 1. The Morgan fingerprint density at radius 2 is 1.68 bits per heavy atom. The van der Waals surface area contributed by atoms with E-state index in [1.54, 1.807) is 0 Å². The van der Waals surface area contributed by atoms with Crippen molar-refractivity contribution in [1.82, 2.24) is 20.0 Å². The van der Waals surface area contributed by atoms with E-state index in [9.17, 15) is 4.79 Å². The summed E-state index contributed by atoms with van der Waals surface area (Å²) in [5.41, 5.74) is 0. The maximum atomic E-state index is 12.6. The highest BCUT2D eigenvalue weighted by molar-refractivity contribution is 14.0. The van der Waals surface area contributed by atoms with E-state index >= 15 is 0 Å². The maximum absolute atomic E-state index is 12.6. The van der Waals surface area contributed by atoms with Gasteiger partial charge >= 0.3 is 0 Å². The summed E-state index contributed by atoms with van der Waals surface area (Å²) in [6, 6.07) is -0.0193. The van der Waals surface area contributed by atoms with Crippen LogP contribution in [0.2, 0.25) is 0 Å². The van der Waals surface area contributed by atoms with Crippen molar-refractivity contribution in [2.45, 2.75) is 46.6 Å². The number of aliphatic imine (C=N–C) groups is 1. The highest BCUT2D eigenvalue weighted by atomic mass is 127. The van der Waals surface area contributed by atoms with Crippen molar-refractivity contribution in [3.05, 3.63) is 0 Å². The molecule has 2 aliphatic heterocycles. The largest absolute Gasteiger partial charge is 0.379 e. The second-order valence-electron chi connectivity index (χ2n) is 7.94. The van der Waals surface area contributed by atoms with Crippen LogP contribution in [0, 0.1) is 5.92 Å². The van der Waals surface area contributed by atoms with Crippen LogP contribution in [0.25, 0.3) is 0 Å². The predicted molar refractivity (Wildman–Crippen MR) is 125 cm³/mol. The highest BCUT2D eigenvalue weighted by Crippen LogP contribution is 2.14. The van der Waals surface area contributed by atoms with Gasteiger partial charge < -0.3 is 19.9 Å². The Hall–Kier alpha value is -0.610. The molecule has 0 radical (unpaired) electrons. The standard InChI is InChI=1S/C20H39N5O2.HI/c1-5-21-20(22-8-15-27-16-17(2)3)25-13-11-23(12-14-25)18(4)19(26)24-9-6-7-10-24;/h17-18H,5-16H2,1-4H3,(H,21,22);1H. The number of carbonyl (C=O) groups is 1. The number of amides is 1. The van der Waals surface area contributed by atoms with Crippen molar-refractivity contribution < 1.29 is 9.53 Å². The van der Waals surface area contributed by atoms with Gasteiger partial charge in [0.2, 0.25) is 5.91 Å². The molecule has 1 amide bonds. The average molecular weight is 509 g/mol. The van der Waals surface area contributed by atoms with Crippen LogP contribution in [-0.4, -0.2) is 98.2 Å². The van der Waals surface area contributed by atoms with Crippen LogP contribution < -0.4 is 5.32 Å². The van der Waals surface area contributed by atoms with E-state index in [0.29, 0.717) is 25.0 Å². The normalized spacial score (nSPS) is 19.7. The van der Waals surface area contributed by atoms with Gasteiger partial charge in [0.15, 0.2) is 5.96 Å². The SMILES string of the molecule is CCNC(=NCCOCC(C)C)N1CCN(C(C)C(=O)N2CCCC2)CC1.I. The first-order valence-corrected chi connectivity index (χ1v) is 10.7. The Balaban J connectivity index is 0.00000392. The molecule has 0 aromatic carbocycles. The van der Waals surface area contributed by atoms with Crippen LogP contribution in [0.4, 0.5) is 0 Å². The molecule has 1 unspecified atom stereocenters. The van der Waals surface area contributed by atoms with Gasteiger partial charge in [0.1, 0.15) is 0 Å². The lowest BCUT2D eigenvalue weighted by Gasteiger charge is -2.39. The summed E-state index contributed by atoms with van der Waals surface area (Å²) in [4.78, 5) is 24.0. The Bertz CT molecular complexity index is 475. The van der Waals surface area contributed by atoms with Crippen molar-refractivity contribution in [3.8, 4) is 0 Å². The van der Waals surface area contributed by atoms with Gasteiger partial charge in [0, 0.05) is 52.4 Å². The van der Waals surface area contributed by atoms with Crippen LogP contribution in [0.1, 0.15) is 40.5 Å². The molecule has 2 heterocycles. The number of nitrogens with zero attached hydrogens (tertiary/aromatic N) is 4. The topological polar surface area (TPSA) is 60.4 Å². The lowest BCUT2D eigenvalue weighted by Crippen LogP contribution is -2.57. The van der Waals surface area contributed by atoms with Crippen molar-refractivity contribution >= 4 is 35.8 Å². The van der Waals surface area contributed by atoms with E-state index in [2.05, 4.69) is 42.8 Å². The number of rotatable bonds is 8. The summed E-state index contributed by atoms with van der Waals surface area (Å²) in [5, 5.41) is 3.39. The number of nitrogens with one attached hydrogen (secondary N) is 1. The Kier molecular flexibility index (Phi) is 12.3. The zero-order valence-corrected chi connectivity index (χ0v) is 20.5. The highest BCUT2D eigenvalue weighted by Gasteiger charge is 2.30. The van der Waals surface area contributed by atoms with Crippen molar-refractivity contribution in [2.75, 3.05) is 65.6 Å². The van der Waals surface area contributed by atoms with E-state index in [-0.39, 0.29) is 30.0 Å². The zero-order valence-electron chi connectivity index (χ0n) is 18.2. The molecule has 0 aromatic rings. The summed E-state index contributed by atoms with van der Waals surface area (Å²) >= 11 is 0. The third kappa shape index (κ3) is 8.02. The van der Waals surface area contributed by atoms with Crippen LogP contribution in [0.3, 0.4) is 0 Å². The Morgan fingerprint density at radius 3 is 2.25 bits per heavy atom. The quantitative estimate of drug-likeness (QED) is 0.234. The molecule has 7 nitrogen and oxygen atoms in total. The van der Waals surface area contributed by atoms with Gasteiger partial charge in [0.25, 0.3) is 0 Å². The third-order valence-electron chi connectivity index (χ3n) is 5.22. The van der Waals surface area contributed by atoms with Gasteiger partial charge in [-0.2, -0.15) is 0 Å². The molecule has 164 valence electrons. The molecule has 0 aliphatic carbocycles. The van der Waals surface area contributed by atoms with E-state index < -0.39 is 0 Å². The first kappa shape index (κ1) is 25.4. The molecule has 0 spiro atoms. The minimum Gasteiger partial charge on any atom is -0.379 e. The molecule has 2 aliphatic rings. The number of hydrogen-bond donors (Lipinski definition) is 1. The second-order valence-corrected chi connectivity index (χ2v) is 7.94. The van der Waals surface area contributed by atoms with Crippen LogP contribution in [0.15, 0.2) is 4.99 Å². The molecule has 8 heteroatoms. The van der Waals surface area contributed by atoms with Gasteiger partial charge in [-0.15, -0.1) is 24.0 Å². The fourth-order valence-corrected chi connectivity index (χ4v) is 3.64. The summed E-state index contributed by atoms with van der Waals surface area (Å²) in [6.45, 7) is 16.9. The van der Waals surface area contributed by atoms with E-state index in [4.69, 9.17) is 9.73 Å². The molecule has 2 fully saturated rings. The number of likely N-dealkylation sites (tertiary alicyclic amines) is 1. The zero-order chi connectivity index (χ0) is 19.6. The molecular weight excluding hydrogens is 469 g/mol. The van der Waals surface area contributed by atoms with Crippen LogP contribution >= 0.6 is 24.0 Å². The summed E-state index contributed by atoms with van der Waals surface area (Å²) < 4.78 is 5.63. The van der Waals surface area contributed by atoms with Crippen molar-refractivity contribution in [3.63, 3.8) is 0 Å². The Morgan fingerprint density at radius 1 is 1.04 bits per heavy atom. The van der Waals surface area contributed by atoms with E-state index in [1.807, 2.05) is 4.90 Å². The summed E-state index contributed by atoms with van der Waals surface area (Å²) in [6.07, 6.45) is 2.30. The van der Waals surface area contributed by atoms with Crippen LogP contribution in [-0.2, 0) is 9.53 Å². The van der Waals surface area contributed by atoms with E-state index in [0.717, 1.165) is 71.2 Å². The first-order valence-electron chi connectivity index (χ1n) is 10.7. The number of hydrogen-bond acceptors (Lipinski definition) is 4. The third-order valence-corrected chi connectivity index (χ3v) is 5.22. The van der Waals surface area contributed by atoms with Gasteiger partial charge in [-0.05, 0) is 32.6 Å². The van der Waals surface area contributed by atoms with Gasteiger partial charge in [-0.25, -0.2) is 0 Å². The molecule has 0 aromatic heterocycles. The fourth-order valence-electron chi connectivity index (χ4n) is 3.64. The van der Waals surface area contributed by atoms with Crippen molar-refractivity contribution in [2.24, 2.45) is 10.9 Å². The monoisotopic (exact) mass is 509 g/mol. The fraction of sp³-hybridized carbons (Fsp3) is 0.900. The van der Waals surface area contributed by atoms with Gasteiger partial charge in [-0.3, -0.25) is 14.7 Å². The first-order chi connectivity index (χ1) is 13.0. The Labute approximate surface area is 188 Å². The predicted octanol–water partition coefficient (Wildman–Crippen LogP) is 1.87. The van der Waals surface area contributed by atoms with Gasteiger partial charge in [-0.1, -0.05) is 13.8 Å².